The summed E-state index contributed by atoms with van der Waals surface area (Å²) in [6, 6.07) is 51.2. The first-order valence-electron chi connectivity index (χ1n) is 15.2. The minimum atomic E-state index is -0.483. The fraction of sp³-hybridized carbons (Fsp3) is 0.0488. The van der Waals surface area contributed by atoms with Crippen molar-refractivity contribution in [3.63, 3.8) is 0 Å². The largest absolute Gasteiger partial charge is 0.457 e. The summed E-state index contributed by atoms with van der Waals surface area (Å²) < 4.78 is 6.49. The lowest BCUT2D eigenvalue weighted by Gasteiger charge is -2.39. The molecule has 0 bridgehead atoms. The summed E-state index contributed by atoms with van der Waals surface area (Å²) >= 11 is 0. The molecule has 0 saturated carbocycles. The maximum atomic E-state index is 6.49. The third-order valence-corrected chi connectivity index (χ3v) is 9.10. The molecule has 2 aliphatic rings. The van der Waals surface area contributed by atoms with Gasteiger partial charge in [0.15, 0.2) is 11.6 Å². The Balaban J connectivity index is 1.22. The molecule has 4 nitrogen and oxygen atoms in total. The van der Waals surface area contributed by atoms with Crippen molar-refractivity contribution >= 4 is 0 Å². The summed E-state index contributed by atoms with van der Waals surface area (Å²) in [6.45, 7) is 1.92. The van der Waals surface area contributed by atoms with E-state index in [2.05, 4.69) is 125 Å². The molecule has 6 aromatic carbocycles. The smallest absolute Gasteiger partial charge is 0.163 e. The van der Waals surface area contributed by atoms with Gasteiger partial charge in [-0.1, -0.05) is 133 Å². The molecular formula is C41H27N3O. The number of fused-ring (bicyclic) bond motifs is 9. The number of para-hydroxylation sites is 2. The van der Waals surface area contributed by atoms with Gasteiger partial charge in [0.1, 0.15) is 17.3 Å². The van der Waals surface area contributed by atoms with E-state index in [9.17, 15) is 0 Å². The van der Waals surface area contributed by atoms with Crippen molar-refractivity contribution in [1.82, 2.24) is 15.0 Å². The highest BCUT2D eigenvalue weighted by Gasteiger charge is 2.51. The number of hydrogen-bond acceptors (Lipinski definition) is 4. The molecule has 0 atom stereocenters. The van der Waals surface area contributed by atoms with Crippen LogP contribution >= 0.6 is 0 Å². The van der Waals surface area contributed by atoms with E-state index in [0.717, 1.165) is 28.2 Å². The van der Waals surface area contributed by atoms with E-state index in [1.165, 1.54) is 38.9 Å². The maximum Gasteiger partial charge on any atom is 0.163 e. The van der Waals surface area contributed by atoms with Crippen LogP contribution in [0.15, 0.2) is 146 Å². The molecule has 4 heteroatoms. The predicted octanol–water partition coefficient (Wildman–Crippen LogP) is 9.65. The van der Waals surface area contributed by atoms with Crippen LogP contribution in [0.1, 0.15) is 28.1 Å². The van der Waals surface area contributed by atoms with Crippen LogP contribution in [-0.4, -0.2) is 15.0 Å². The summed E-state index contributed by atoms with van der Waals surface area (Å²) in [5, 5.41) is 0. The van der Waals surface area contributed by atoms with E-state index < -0.39 is 5.41 Å². The zero-order chi connectivity index (χ0) is 30.0. The number of aryl methyl sites for hydroxylation is 1. The average molecular weight is 578 g/mol. The van der Waals surface area contributed by atoms with Gasteiger partial charge in [-0.2, -0.15) is 0 Å². The van der Waals surface area contributed by atoms with Crippen LogP contribution < -0.4 is 4.74 Å². The molecule has 0 amide bonds. The molecule has 45 heavy (non-hydrogen) atoms. The number of hydrogen-bond donors (Lipinski definition) is 0. The number of ether oxygens (including phenoxy) is 1. The Bertz CT molecular complexity index is 2210. The molecule has 1 aliphatic heterocycles. The fourth-order valence-electron chi connectivity index (χ4n) is 7.27. The molecule has 0 saturated heterocycles. The Morgan fingerprint density at radius 1 is 0.422 bits per heavy atom. The van der Waals surface area contributed by atoms with Crippen LogP contribution in [-0.2, 0) is 5.41 Å². The predicted molar refractivity (Wildman–Crippen MR) is 178 cm³/mol. The zero-order valence-corrected chi connectivity index (χ0v) is 24.6. The Kier molecular flexibility index (Phi) is 5.59. The first-order valence-corrected chi connectivity index (χ1v) is 15.2. The minimum Gasteiger partial charge on any atom is -0.457 e. The molecule has 0 fully saturated rings. The highest BCUT2D eigenvalue weighted by atomic mass is 16.5. The highest BCUT2D eigenvalue weighted by Crippen LogP contribution is 2.63. The molecule has 1 aliphatic carbocycles. The van der Waals surface area contributed by atoms with Crippen molar-refractivity contribution in [3.05, 3.63) is 174 Å². The number of aromatic nitrogens is 3. The molecule has 7 aromatic rings. The Hall–Kier alpha value is -5.87. The summed E-state index contributed by atoms with van der Waals surface area (Å²) in [4.78, 5) is 14.1. The molecule has 212 valence electrons. The topological polar surface area (TPSA) is 47.9 Å². The van der Waals surface area contributed by atoms with Gasteiger partial charge in [0.25, 0.3) is 0 Å². The normalized spacial score (nSPS) is 13.4. The average Bonchev–Trinajstić information content (AvgIpc) is 3.40. The van der Waals surface area contributed by atoms with Crippen LogP contribution in [0, 0.1) is 6.92 Å². The van der Waals surface area contributed by atoms with Crippen LogP contribution in [0.3, 0.4) is 0 Å². The van der Waals surface area contributed by atoms with Crippen LogP contribution in [0.4, 0.5) is 0 Å². The van der Waals surface area contributed by atoms with E-state index in [4.69, 9.17) is 9.72 Å². The Labute approximate surface area is 261 Å². The number of nitrogens with zero attached hydrogens (tertiary/aromatic N) is 3. The molecule has 0 unspecified atom stereocenters. The van der Waals surface area contributed by atoms with Gasteiger partial charge in [-0.25, -0.2) is 15.0 Å². The highest BCUT2D eigenvalue weighted by molar-refractivity contribution is 5.96. The molecule has 0 radical (unpaired) electrons. The van der Waals surface area contributed by atoms with E-state index in [0.29, 0.717) is 17.5 Å². The summed E-state index contributed by atoms with van der Waals surface area (Å²) in [5.41, 5.74) is 11.2. The second kappa shape index (κ2) is 9.83. The summed E-state index contributed by atoms with van der Waals surface area (Å²) in [6.07, 6.45) is 0. The molecule has 2 heterocycles. The van der Waals surface area contributed by atoms with Crippen molar-refractivity contribution in [2.24, 2.45) is 0 Å². The van der Waals surface area contributed by atoms with Crippen molar-refractivity contribution in [2.75, 3.05) is 0 Å². The van der Waals surface area contributed by atoms with Crippen LogP contribution in [0.5, 0.6) is 11.5 Å². The lowest BCUT2D eigenvalue weighted by Crippen LogP contribution is -2.32. The van der Waals surface area contributed by atoms with Gasteiger partial charge in [-0.05, 0) is 52.4 Å². The Morgan fingerprint density at radius 2 is 0.933 bits per heavy atom. The van der Waals surface area contributed by atoms with Gasteiger partial charge in [-0.3, -0.25) is 0 Å². The van der Waals surface area contributed by atoms with Gasteiger partial charge < -0.3 is 4.74 Å². The van der Waals surface area contributed by atoms with Crippen molar-refractivity contribution in [1.29, 1.82) is 0 Å². The van der Waals surface area contributed by atoms with E-state index in [1.807, 2.05) is 37.3 Å². The third-order valence-electron chi connectivity index (χ3n) is 9.10. The summed E-state index contributed by atoms with van der Waals surface area (Å²) in [7, 11) is 0. The third kappa shape index (κ3) is 3.76. The second-order valence-corrected chi connectivity index (χ2v) is 11.6. The monoisotopic (exact) mass is 577 g/mol. The number of rotatable bonds is 3. The molecule has 0 N–H and O–H groups in total. The first kappa shape index (κ1) is 25.6. The van der Waals surface area contributed by atoms with Gasteiger partial charge in [0, 0.05) is 22.3 Å². The zero-order valence-electron chi connectivity index (χ0n) is 24.6. The lowest BCUT2D eigenvalue weighted by atomic mass is 9.66. The first-order chi connectivity index (χ1) is 22.2. The van der Waals surface area contributed by atoms with Gasteiger partial charge in [-0.15, -0.1) is 0 Å². The SMILES string of the molecule is Cc1nc(-c2ccccc2)nc(-c2ccc(-c3cccc4c3-c3ccccc3C43c4ccccc4Oc4ccccc43)cc2)n1. The number of benzene rings is 6. The van der Waals surface area contributed by atoms with E-state index in [-0.39, 0.29) is 0 Å². The van der Waals surface area contributed by atoms with Crippen molar-refractivity contribution in [2.45, 2.75) is 12.3 Å². The van der Waals surface area contributed by atoms with Crippen molar-refractivity contribution < 1.29 is 4.74 Å². The van der Waals surface area contributed by atoms with Crippen molar-refractivity contribution in [3.8, 4) is 56.5 Å². The standard InChI is InChI=1S/C41H27N3O/c1-26-42-39(28-12-3-2-4-13-28)44-40(43-26)29-24-22-27(23-25-29)30-15-11-19-35-38(30)31-14-5-6-16-32(31)41(35)33-17-7-9-20-36(33)45-37-21-10-8-18-34(37)41/h2-25H,1H3. The lowest BCUT2D eigenvalue weighted by molar-refractivity contribution is 0.436. The van der Waals surface area contributed by atoms with Crippen LogP contribution in [0.2, 0.25) is 0 Å². The summed E-state index contributed by atoms with van der Waals surface area (Å²) in [5.74, 6) is 3.85. The molecule has 1 aromatic heterocycles. The van der Waals surface area contributed by atoms with Crippen LogP contribution in [0.25, 0.3) is 45.0 Å². The minimum absolute atomic E-state index is 0.483. The molecular weight excluding hydrogens is 550 g/mol. The molecule has 9 rings (SSSR count). The van der Waals surface area contributed by atoms with Gasteiger partial charge >= 0.3 is 0 Å². The fourth-order valence-corrected chi connectivity index (χ4v) is 7.27. The quantitative estimate of drug-likeness (QED) is 0.210. The van der Waals surface area contributed by atoms with Gasteiger partial charge in [0.05, 0.1) is 5.41 Å². The van der Waals surface area contributed by atoms with E-state index in [1.54, 1.807) is 0 Å². The van der Waals surface area contributed by atoms with E-state index >= 15 is 0 Å². The second-order valence-electron chi connectivity index (χ2n) is 11.6. The molecule has 1 spiro atoms. The van der Waals surface area contributed by atoms with Gasteiger partial charge in [0.2, 0.25) is 0 Å². The maximum absolute atomic E-state index is 6.49. The Morgan fingerprint density at radius 3 is 1.62 bits per heavy atom.